The highest BCUT2D eigenvalue weighted by molar-refractivity contribution is 5.76. The molecule has 22 heavy (non-hydrogen) atoms. The molecule has 3 rings (SSSR count). The van der Waals surface area contributed by atoms with Crippen LogP contribution in [0.5, 0.6) is 0 Å². The Hall–Kier alpha value is -2.21. The van der Waals surface area contributed by atoms with E-state index in [1.807, 2.05) is 0 Å². The van der Waals surface area contributed by atoms with Crippen molar-refractivity contribution in [1.29, 1.82) is 0 Å². The molecule has 1 saturated heterocycles. The summed E-state index contributed by atoms with van der Waals surface area (Å²) in [6.07, 6.45) is 1.38. The average molecular weight is 304 g/mol. The standard InChI is InChI=1S/C16H17FN2O3/c17-14-4-2-1-3-13(14)15-8-12(22-19-15)9-18-16(20)7-11-5-6-21-10-11/h1-4,8,11H,5-7,9-10H2,(H,18,20). The molecule has 1 aliphatic rings. The van der Waals surface area contributed by atoms with E-state index < -0.39 is 0 Å². The van der Waals surface area contributed by atoms with Crippen LogP contribution in [0, 0.1) is 11.7 Å². The molecule has 2 aromatic rings. The molecule has 0 saturated carbocycles. The number of carbonyl (C=O) groups is 1. The zero-order valence-corrected chi connectivity index (χ0v) is 12.0. The molecule has 5 nitrogen and oxygen atoms in total. The quantitative estimate of drug-likeness (QED) is 0.922. The van der Waals surface area contributed by atoms with E-state index in [2.05, 4.69) is 10.5 Å². The summed E-state index contributed by atoms with van der Waals surface area (Å²) in [4.78, 5) is 11.8. The molecule has 0 aliphatic carbocycles. The lowest BCUT2D eigenvalue weighted by Crippen LogP contribution is -2.25. The maximum Gasteiger partial charge on any atom is 0.220 e. The summed E-state index contributed by atoms with van der Waals surface area (Å²) in [5.74, 6) is 0.393. The topological polar surface area (TPSA) is 64.4 Å². The lowest BCUT2D eigenvalue weighted by atomic mass is 10.1. The average Bonchev–Trinajstić information content (AvgIpc) is 3.17. The van der Waals surface area contributed by atoms with Gasteiger partial charge >= 0.3 is 0 Å². The van der Waals surface area contributed by atoms with E-state index in [0.29, 0.717) is 36.0 Å². The molecule has 1 aromatic carbocycles. The number of hydrogen-bond donors (Lipinski definition) is 1. The Balaban J connectivity index is 1.55. The predicted molar refractivity (Wildman–Crippen MR) is 77.3 cm³/mol. The van der Waals surface area contributed by atoms with Crippen molar-refractivity contribution in [3.05, 3.63) is 41.9 Å². The summed E-state index contributed by atoms with van der Waals surface area (Å²) in [6, 6.07) is 7.99. The number of hydrogen-bond acceptors (Lipinski definition) is 4. The summed E-state index contributed by atoms with van der Waals surface area (Å²) in [7, 11) is 0. The molecule has 1 fully saturated rings. The number of rotatable bonds is 5. The smallest absolute Gasteiger partial charge is 0.220 e. The first-order chi connectivity index (χ1) is 10.7. The minimum Gasteiger partial charge on any atom is -0.381 e. The van der Waals surface area contributed by atoms with Gasteiger partial charge in [0, 0.05) is 31.3 Å². The van der Waals surface area contributed by atoms with Gasteiger partial charge in [-0.25, -0.2) is 4.39 Å². The lowest BCUT2D eigenvalue weighted by Gasteiger charge is -2.06. The molecule has 116 valence electrons. The van der Waals surface area contributed by atoms with Crippen molar-refractivity contribution in [3.63, 3.8) is 0 Å². The molecular formula is C16H17FN2O3. The Morgan fingerprint density at radius 2 is 2.27 bits per heavy atom. The van der Waals surface area contributed by atoms with E-state index in [9.17, 15) is 9.18 Å². The second-order valence-corrected chi connectivity index (χ2v) is 5.37. The maximum atomic E-state index is 13.7. The molecule has 2 heterocycles. The Morgan fingerprint density at radius 1 is 1.41 bits per heavy atom. The van der Waals surface area contributed by atoms with Gasteiger partial charge in [0.15, 0.2) is 5.76 Å². The van der Waals surface area contributed by atoms with Gasteiger partial charge in [-0.15, -0.1) is 0 Å². The van der Waals surface area contributed by atoms with Crippen LogP contribution in [-0.2, 0) is 16.1 Å². The molecule has 0 radical (unpaired) electrons. The maximum absolute atomic E-state index is 13.7. The van der Waals surface area contributed by atoms with Gasteiger partial charge in [-0.3, -0.25) is 4.79 Å². The largest absolute Gasteiger partial charge is 0.381 e. The van der Waals surface area contributed by atoms with Crippen LogP contribution in [0.1, 0.15) is 18.6 Å². The number of nitrogens with zero attached hydrogens (tertiary/aromatic N) is 1. The summed E-state index contributed by atoms with van der Waals surface area (Å²) in [6.45, 7) is 1.62. The van der Waals surface area contributed by atoms with Gasteiger partial charge in [-0.1, -0.05) is 17.3 Å². The van der Waals surface area contributed by atoms with Gasteiger partial charge in [-0.05, 0) is 24.5 Å². The molecule has 1 unspecified atom stereocenters. The van der Waals surface area contributed by atoms with Crippen LogP contribution in [0.25, 0.3) is 11.3 Å². The normalized spacial score (nSPS) is 17.6. The first-order valence-corrected chi connectivity index (χ1v) is 7.27. The third-order valence-corrected chi connectivity index (χ3v) is 3.67. The molecule has 1 aliphatic heterocycles. The highest BCUT2D eigenvalue weighted by Crippen LogP contribution is 2.22. The Kier molecular flexibility index (Phi) is 4.48. The zero-order valence-electron chi connectivity index (χ0n) is 12.0. The molecule has 1 atom stereocenters. The summed E-state index contributed by atoms with van der Waals surface area (Å²) in [5.41, 5.74) is 0.804. The molecular weight excluding hydrogens is 287 g/mol. The predicted octanol–water partition coefficient (Wildman–Crippen LogP) is 2.52. The highest BCUT2D eigenvalue weighted by Gasteiger charge is 2.19. The van der Waals surface area contributed by atoms with E-state index in [1.54, 1.807) is 24.3 Å². The fourth-order valence-electron chi connectivity index (χ4n) is 2.46. The molecule has 6 heteroatoms. The van der Waals surface area contributed by atoms with E-state index in [1.165, 1.54) is 6.07 Å². The Bertz CT molecular complexity index is 650. The number of aromatic nitrogens is 1. The number of ether oxygens (including phenoxy) is 1. The van der Waals surface area contributed by atoms with E-state index in [4.69, 9.17) is 9.26 Å². The second kappa shape index (κ2) is 6.70. The van der Waals surface area contributed by atoms with Gasteiger partial charge in [0.25, 0.3) is 0 Å². The number of carbonyl (C=O) groups excluding carboxylic acids is 1. The van der Waals surface area contributed by atoms with E-state index in [0.717, 1.165) is 13.0 Å². The van der Waals surface area contributed by atoms with Crippen molar-refractivity contribution < 1.29 is 18.4 Å². The third-order valence-electron chi connectivity index (χ3n) is 3.67. The van der Waals surface area contributed by atoms with Crippen LogP contribution < -0.4 is 5.32 Å². The van der Waals surface area contributed by atoms with Gasteiger partial charge in [0.1, 0.15) is 11.5 Å². The van der Waals surface area contributed by atoms with Crippen molar-refractivity contribution in [2.24, 2.45) is 5.92 Å². The van der Waals surface area contributed by atoms with Crippen molar-refractivity contribution in [3.8, 4) is 11.3 Å². The van der Waals surface area contributed by atoms with Crippen molar-refractivity contribution in [2.75, 3.05) is 13.2 Å². The number of amides is 1. The third kappa shape index (κ3) is 3.51. The Morgan fingerprint density at radius 3 is 3.05 bits per heavy atom. The minimum absolute atomic E-state index is 0.0423. The molecule has 1 N–H and O–H groups in total. The van der Waals surface area contributed by atoms with Crippen LogP contribution >= 0.6 is 0 Å². The first-order valence-electron chi connectivity index (χ1n) is 7.27. The number of nitrogens with one attached hydrogen (secondary N) is 1. The van der Waals surface area contributed by atoms with Crippen LogP contribution in [0.4, 0.5) is 4.39 Å². The fourth-order valence-corrected chi connectivity index (χ4v) is 2.46. The van der Waals surface area contributed by atoms with Crippen LogP contribution in [-0.4, -0.2) is 24.3 Å². The van der Waals surface area contributed by atoms with Gasteiger partial charge in [-0.2, -0.15) is 0 Å². The van der Waals surface area contributed by atoms with Gasteiger partial charge < -0.3 is 14.6 Å². The monoisotopic (exact) mass is 304 g/mol. The van der Waals surface area contributed by atoms with Gasteiger partial charge in [0.05, 0.1) is 6.54 Å². The minimum atomic E-state index is -0.354. The molecule has 1 amide bonds. The zero-order chi connectivity index (χ0) is 15.4. The SMILES string of the molecule is O=C(CC1CCOC1)NCc1cc(-c2ccccc2F)no1. The first kappa shape index (κ1) is 14.7. The Labute approximate surface area is 127 Å². The van der Waals surface area contributed by atoms with Crippen molar-refractivity contribution in [1.82, 2.24) is 10.5 Å². The summed E-state index contributed by atoms with van der Waals surface area (Å²) < 4.78 is 24.0. The van der Waals surface area contributed by atoms with Crippen molar-refractivity contribution in [2.45, 2.75) is 19.4 Å². The number of benzene rings is 1. The van der Waals surface area contributed by atoms with E-state index >= 15 is 0 Å². The van der Waals surface area contributed by atoms with Crippen molar-refractivity contribution >= 4 is 5.91 Å². The van der Waals surface area contributed by atoms with Gasteiger partial charge in [0.2, 0.25) is 5.91 Å². The summed E-state index contributed by atoms with van der Waals surface area (Å²) >= 11 is 0. The van der Waals surface area contributed by atoms with Crippen LogP contribution in [0.15, 0.2) is 34.9 Å². The summed E-state index contributed by atoms with van der Waals surface area (Å²) in [5, 5.41) is 6.63. The van der Waals surface area contributed by atoms with Crippen LogP contribution in [0.3, 0.4) is 0 Å². The highest BCUT2D eigenvalue weighted by atomic mass is 19.1. The molecule has 1 aromatic heterocycles. The van der Waals surface area contributed by atoms with Crippen LogP contribution in [0.2, 0.25) is 0 Å². The molecule has 0 spiro atoms. The molecule has 0 bridgehead atoms. The fraction of sp³-hybridized carbons (Fsp3) is 0.375. The number of halogens is 1. The van der Waals surface area contributed by atoms with E-state index in [-0.39, 0.29) is 18.3 Å². The second-order valence-electron chi connectivity index (χ2n) is 5.37. The lowest BCUT2D eigenvalue weighted by molar-refractivity contribution is -0.122.